The van der Waals surface area contributed by atoms with Crippen LogP contribution >= 0.6 is 0 Å². The van der Waals surface area contributed by atoms with E-state index in [2.05, 4.69) is 11.9 Å². The average Bonchev–Trinajstić information content (AvgIpc) is 3.24. The second-order valence-electron chi connectivity index (χ2n) is 7.04. The lowest BCUT2D eigenvalue weighted by Crippen LogP contribution is -2.51. The summed E-state index contributed by atoms with van der Waals surface area (Å²) in [6.45, 7) is 1.69. The first-order valence-electron chi connectivity index (χ1n) is 9.44. The van der Waals surface area contributed by atoms with Gasteiger partial charge in [0.05, 0.1) is 12.9 Å². The molecule has 0 spiro atoms. The minimum absolute atomic E-state index is 0.229. The van der Waals surface area contributed by atoms with Crippen LogP contribution in [0, 0.1) is 0 Å². The molecule has 2 aromatic rings. The van der Waals surface area contributed by atoms with E-state index < -0.39 is 31.1 Å². The summed E-state index contributed by atoms with van der Waals surface area (Å²) in [5.74, 6) is 0.472. The van der Waals surface area contributed by atoms with Crippen molar-refractivity contribution in [3.63, 3.8) is 0 Å². The highest BCUT2D eigenvalue weighted by atomic mass is 16.6. The van der Waals surface area contributed by atoms with Crippen molar-refractivity contribution >= 4 is 11.5 Å². The number of aromatic nitrogens is 2. The van der Waals surface area contributed by atoms with Crippen molar-refractivity contribution in [2.24, 2.45) is 10.7 Å². The average molecular weight is 387 g/mol. The van der Waals surface area contributed by atoms with Crippen LogP contribution in [-0.2, 0) is 4.74 Å². The molecule has 1 fully saturated rings. The van der Waals surface area contributed by atoms with E-state index in [0.717, 1.165) is 18.5 Å². The van der Waals surface area contributed by atoms with E-state index in [4.69, 9.17) is 15.5 Å². The van der Waals surface area contributed by atoms with E-state index in [1.807, 2.05) is 35.2 Å². The Kier molecular flexibility index (Phi) is 5.07. The number of hydrogen-bond acceptors (Lipinski definition) is 8. The molecule has 2 aliphatic rings. The molecule has 28 heavy (non-hydrogen) atoms. The number of ether oxygens (including phenoxy) is 1. The van der Waals surface area contributed by atoms with Crippen LogP contribution in [-0.4, -0.2) is 56.0 Å². The van der Waals surface area contributed by atoms with Crippen molar-refractivity contribution in [2.45, 2.75) is 50.5 Å². The molecule has 1 aromatic heterocycles. The molecule has 0 unspecified atom stereocenters. The minimum atomic E-state index is -1.20. The Morgan fingerprint density at radius 3 is 2.57 bits per heavy atom. The highest BCUT2D eigenvalue weighted by Gasteiger charge is 2.44. The fraction of sp³-hybridized carbons (Fsp3) is 0.474. The Morgan fingerprint density at radius 2 is 1.93 bits per heavy atom. The summed E-state index contributed by atoms with van der Waals surface area (Å²) in [5.41, 5.74) is 7.91. The number of anilines is 1. The fourth-order valence-electron chi connectivity index (χ4n) is 3.78. The van der Waals surface area contributed by atoms with E-state index in [1.165, 1.54) is 6.33 Å². The lowest BCUT2D eigenvalue weighted by Gasteiger charge is -2.32. The lowest BCUT2D eigenvalue weighted by molar-refractivity contribution is -0.0546. The number of benzene rings is 1. The van der Waals surface area contributed by atoms with Gasteiger partial charge in [0.2, 0.25) is 0 Å². The van der Waals surface area contributed by atoms with Gasteiger partial charge in [0.25, 0.3) is 0 Å². The van der Waals surface area contributed by atoms with Gasteiger partial charge in [-0.1, -0.05) is 31.5 Å². The lowest BCUT2D eigenvalue weighted by atomic mass is 10.1. The zero-order valence-corrected chi connectivity index (χ0v) is 15.6. The summed E-state index contributed by atoms with van der Waals surface area (Å²) in [4.78, 5) is 11.2. The fourth-order valence-corrected chi connectivity index (χ4v) is 3.78. The third kappa shape index (κ3) is 2.96. The van der Waals surface area contributed by atoms with Gasteiger partial charge in [-0.05, 0) is 18.6 Å². The quantitative estimate of drug-likeness (QED) is 0.506. The number of nitrogens with zero attached hydrogens (tertiary/aromatic N) is 4. The first kappa shape index (κ1) is 18.9. The third-order valence-electron chi connectivity index (χ3n) is 5.21. The predicted molar refractivity (Wildman–Crippen MR) is 101 cm³/mol. The second kappa shape index (κ2) is 7.51. The summed E-state index contributed by atoms with van der Waals surface area (Å²) < 4.78 is 7.22. The molecule has 5 N–H and O–H groups in total. The van der Waals surface area contributed by atoms with Crippen LogP contribution in [0.1, 0.15) is 26.0 Å². The summed E-state index contributed by atoms with van der Waals surface area (Å²) >= 11 is 0. The number of imidazole rings is 1. The summed E-state index contributed by atoms with van der Waals surface area (Å²) in [7, 11) is 0. The van der Waals surface area contributed by atoms with Crippen molar-refractivity contribution < 1.29 is 20.1 Å². The van der Waals surface area contributed by atoms with E-state index >= 15 is 0 Å². The van der Waals surface area contributed by atoms with Gasteiger partial charge in [-0.3, -0.25) is 4.57 Å². The maximum absolute atomic E-state index is 10.4. The molecule has 0 saturated carbocycles. The Labute approximate surface area is 162 Å². The van der Waals surface area contributed by atoms with Gasteiger partial charge in [-0.25, -0.2) is 9.98 Å². The zero-order chi connectivity index (χ0) is 19.8. The van der Waals surface area contributed by atoms with Gasteiger partial charge in [-0.15, -0.1) is 0 Å². The third-order valence-corrected chi connectivity index (χ3v) is 5.21. The molecule has 150 valence electrons. The minimum Gasteiger partial charge on any atom is -0.394 e. The first-order chi connectivity index (χ1) is 13.6. The molecule has 3 heterocycles. The molecular weight excluding hydrogens is 362 g/mol. The van der Waals surface area contributed by atoms with Crippen molar-refractivity contribution in [1.29, 1.82) is 0 Å². The Morgan fingerprint density at radius 1 is 1.18 bits per heavy atom. The maximum Gasteiger partial charge on any atom is 0.165 e. The first-order valence-corrected chi connectivity index (χ1v) is 9.44. The Bertz CT molecular complexity index is 947. The Hall–Kier alpha value is -2.46. The highest BCUT2D eigenvalue weighted by Crippen LogP contribution is 2.28. The van der Waals surface area contributed by atoms with E-state index in [1.54, 1.807) is 4.57 Å². The van der Waals surface area contributed by atoms with Crippen LogP contribution in [0.2, 0.25) is 0 Å². The molecule has 2 aliphatic heterocycles. The standard InChI is InChI=1S/C19H25N5O4/c1-2-6-13-22-18-14(17(20)24(13)11-7-4-3-5-8-11)21-10-23(18)19-16(27)15(26)12(9-25)28-19/h3-5,7-8,10,12-13,15-16,19,25-27H,2,6,9,20H2,1H3/t12-,13+,15-,16-,19-/m1/s1. The Balaban J connectivity index is 1.81. The monoisotopic (exact) mass is 387 g/mol. The summed E-state index contributed by atoms with van der Waals surface area (Å²) in [6.07, 6.45) is -1.21. The van der Waals surface area contributed by atoms with Gasteiger partial charge in [-0.2, -0.15) is 0 Å². The van der Waals surface area contributed by atoms with E-state index in [0.29, 0.717) is 16.7 Å². The predicted octanol–water partition coefficient (Wildman–Crippen LogP) is -1.21. The number of para-hydroxylation sites is 1. The topological polar surface area (TPSA) is 129 Å². The molecule has 1 aromatic carbocycles. The number of aliphatic hydroxyl groups is 3. The van der Waals surface area contributed by atoms with Gasteiger partial charge >= 0.3 is 0 Å². The molecule has 0 radical (unpaired) electrons. The number of rotatable bonds is 5. The summed E-state index contributed by atoms with van der Waals surface area (Å²) in [6, 6.07) is 9.77. The number of fused-ring (bicyclic) bond motifs is 1. The SMILES string of the molecule is CCC[C@H]1N=c2c(ncn2[C@@H]2O[C@H](CO)[C@@H](O)[C@H]2O)=C(N)N1c1ccccc1. The van der Waals surface area contributed by atoms with Crippen LogP contribution < -0.4 is 21.5 Å². The van der Waals surface area contributed by atoms with Crippen LogP contribution in [0.5, 0.6) is 0 Å². The van der Waals surface area contributed by atoms with Crippen molar-refractivity contribution in [3.8, 4) is 0 Å². The largest absolute Gasteiger partial charge is 0.394 e. The van der Waals surface area contributed by atoms with Gasteiger partial charge < -0.3 is 30.7 Å². The van der Waals surface area contributed by atoms with Crippen LogP contribution in [0.15, 0.2) is 41.7 Å². The molecule has 5 atom stereocenters. The van der Waals surface area contributed by atoms with Crippen molar-refractivity contribution in [1.82, 2.24) is 9.55 Å². The van der Waals surface area contributed by atoms with Crippen molar-refractivity contribution in [3.05, 3.63) is 47.5 Å². The molecule has 0 bridgehead atoms. The van der Waals surface area contributed by atoms with Crippen LogP contribution in [0.25, 0.3) is 5.82 Å². The van der Waals surface area contributed by atoms with E-state index in [-0.39, 0.29) is 6.17 Å². The van der Waals surface area contributed by atoms with Crippen molar-refractivity contribution in [2.75, 3.05) is 11.5 Å². The number of hydrogen-bond donors (Lipinski definition) is 4. The van der Waals surface area contributed by atoms with Gasteiger partial charge in [0.15, 0.2) is 11.7 Å². The smallest absolute Gasteiger partial charge is 0.165 e. The number of aliphatic hydroxyl groups excluding tert-OH is 3. The molecule has 9 nitrogen and oxygen atoms in total. The van der Waals surface area contributed by atoms with Gasteiger partial charge in [0, 0.05) is 5.69 Å². The molecule has 9 heteroatoms. The molecule has 0 aliphatic carbocycles. The second-order valence-corrected chi connectivity index (χ2v) is 7.04. The maximum atomic E-state index is 10.4. The molecule has 0 amide bonds. The van der Waals surface area contributed by atoms with Crippen LogP contribution in [0.3, 0.4) is 0 Å². The van der Waals surface area contributed by atoms with Crippen LogP contribution in [0.4, 0.5) is 5.69 Å². The molecule has 1 saturated heterocycles. The summed E-state index contributed by atoms with van der Waals surface area (Å²) in [5, 5.41) is 30.3. The van der Waals surface area contributed by atoms with Gasteiger partial charge in [0.1, 0.15) is 35.6 Å². The molecular formula is C19H25N5O4. The number of nitrogens with two attached hydrogens (primary N) is 1. The normalized spacial score (nSPS) is 29.6. The zero-order valence-electron chi connectivity index (χ0n) is 15.6. The molecule has 4 rings (SSSR count). The van der Waals surface area contributed by atoms with E-state index in [9.17, 15) is 15.3 Å². The highest BCUT2D eigenvalue weighted by molar-refractivity contribution is 5.67.